The van der Waals surface area contributed by atoms with Gasteiger partial charge in [0.15, 0.2) is 0 Å². The predicted octanol–water partition coefficient (Wildman–Crippen LogP) is 5.83. The molecule has 0 fully saturated rings. The summed E-state index contributed by atoms with van der Waals surface area (Å²) in [6.45, 7) is 0. The Morgan fingerprint density at radius 3 is 1.97 bits per heavy atom. The van der Waals surface area contributed by atoms with E-state index in [0.717, 1.165) is 27.5 Å². The van der Waals surface area contributed by atoms with Crippen LogP contribution in [0.5, 0.6) is 0 Å². The van der Waals surface area contributed by atoms with Gasteiger partial charge in [0.1, 0.15) is 0 Å². The number of rotatable bonds is 5. The summed E-state index contributed by atoms with van der Waals surface area (Å²) < 4.78 is 0. The van der Waals surface area contributed by atoms with Crippen LogP contribution in [-0.2, 0) is 0 Å². The van der Waals surface area contributed by atoms with Gasteiger partial charge in [0, 0.05) is 0 Å². The van der Waals surface area contributed by atoms with Crippen molar-refractivity contribution in [3.05, 3.63) is 119 Å². The van der Waals surface area contributed by atoms with Crippen molar-refractivity contribution in [1.82, 2.24) is 0 Å². The first kappa shape index (κ1) is 19.2. The number of aromatic carboxylic acids is 2. The van der Waals surface area contributed by atoms with Gasteiger partial charge < -0.3 is 10.2 Å². The molecule has 4 rings (SSSR count). The Labute approximate surface area is 173 Å². The van der Waals surface area contributed by atoms with Crippen LogP contribution >= 0.6 is 0 Å². The maximum Gasteiger partial charge on any atom is 0.336 e. The van der Waals surface area contributed by atoms with E-state index < -0.39 is 11.9 Å². The zero-order valence-corrected chi connectivity index (χ0v) is 15.9. The Hall–Kier alpha value is -4.18. The molecule has 0 radical (unpaired) electrons. The van der Waals surface area contributed by atoms with Crippen molar-refractivity contribution < 1.29 is 19.8 Å². The van der Waals surface area contributed by atoms with E-state index in [1.807, 2.05) is 60.7 Å². The topological polar surface area (TPSA) is 74.6 Å². The minimum absolute atomic E-state index is 0.230. The van der Waals surface area contributed by atoms with Crippen molar-refractivity contribution in [3.8, 4) is 0 Å². The van der Waals surface area contributed by atoms with E-state index >= 15 is 0 Å². The molecule has 30 heavy (non-hydrogen) atoms. The number of hydrogen-bond acceptors (Lipinski definition) is 2. The summed E-state index contributed by atoms with van der Waals surface area (Å²) in [5.74, 6) is -2.53. The highest BCUT2D eigenvalue weighted by atomic mass is 16.4. The SMILES string of the molecule is O=C(O)c1ccc(C=C(c2ccccc2)c2ccc3ccccc3c2)cc1C(=O)O. The highest BCUT2D eigenvalue weighted by Gasteiger charge is 2.16. The van der Waals surface area contributed by atoms with Gasteiger partial charge in [-0.15, -0.1) is 0 Å². The van der Waals surface area contributed by atoms with Crippen LogP contribution in [0.25, 0.3) is 22.4 Å². The second kappa shape index (κ2) is 8.05. The fraction of sp³-hybridized carbons (Fsp3) is 0. The smallest absolute Gasteiger partial charge is 0.336 e. The molecule has 4 aromatic carbocycles. The molecule has 0 bridgehead atoms. The van der Waals surface area contributed by atoms with Crippen LogP contribution in [0.15, 0.2) is 91.0 Å². The average Bonchev–Trinajstić information content (AvgIpc) is 2.77. The molecule has 4 heteroatoms. The predicted molar refractivity (Wildman–Crippen MR) is 118 cm³/mol. The minimum Gasteiger partial charge on any atom is -0.478 e. The maximum absolute atomic E-state index is 11.6. The van der Waals surface area contributed by atoms with E-state index in [9.17, 15) is 19.8 Å². The summed E-state index contributed by atoms with van der Waals surface area (Å²) >= 11 is 0. The second-order valence-electron chi connectivity index (χ2n) is 6.90. The van der Waals surface area contributed by atoms with Gasteiger partial charge in [-0.05, 0) is 57.3 Å². The average molecular weight is 394 g/mol. The lowest BCUT2D eigenvalue weighted by atomic mass is 9.93. The van der Waals surface area contributed by atoms with E-state index in [0.29, 0.717) is 5.56 Å². The van der Waals surface area contributed by atoms with E-state index in [2.05, 4.69) is 18.2 Å². The van der Waals surface area contributed by atoms with Crippen LogP contribution < -0.4 is 0 Å². The molecule has 0 heterocycles. The van der Waals surface area contributed by atoms with Gasteiger partial charge in [-0.2, -0.15) is 0 Å². The third-order valence-electron chi connectivity index (χ3n) is 4.96. The lowest BCUT2D eigenvalue weighted by molar-refractivity contribution is 0.0651. The zero-order valence-electron chi connectivity index (χ0n) is 15.9. The van der Waals surface area contributed by atoms with Gasteiger partial charge in [0.2, 0.25) is 0 Å². The van der Waals surface area contributed by atoms with E-state index in [-0.39, 0.29) is 11.1 Å². The summed E-state index contributed by atoms with van der Waals surface area (Å²) in [5.41, 5.74) is 3.03. The molecular weight excluding hydrogens is 376 g/mol. The molecule has 0 atom stereocenters. The Balaban J connectivity index is 1.90. The van der Waals surface area contributed by atoms with Crippen LogP contribution in [-0.4, -0.2) is 22.2 Å². The normalized spacial score (nSPS) is 11.4. The largest absolute Gasteiger partial charge is 0.478 e. The number of carboxylic acids is 2. The molecule has 0 aliphatic carbocycles. The van der Waals surface area contributed by atoms with Crippen molar-refractivity contribution in [1.29, 1.82) is 0 Å². The highest BCUT2D eigenvalue weighted by Crippen LogP contribution is 2.29. The van der Waals surface area contributed by atoms with Crippen molar-refractivity contribution in [2.75, 3.05) is 0 Å². The van der Waals surface area contributed by atoms with Crippen LogP contribution in [0.4, 0.5) is 0 Å². The number of hydrogen-bond donors (Lipinski definition) is 2. The highest BCUT2D eigenvalue weighted by molar-refractivity contribution is 6.03. The molecule has 146 valence electrons. The number of carbonyl (C=O) groups is 2. The quantitative estimate of drug-likeness (QED) is 0.418. The van der Waals surface area contributed by atoms with Crippen molar-refractivity contribution in [3.63, 3.8) is 0 Å². The van der Waals surface area contributed by atoms with E-state index in [1.54, 1.807) is 6.07 Å². The third kappa shape index (κ3) is 3.84. The molecule has 0 aliphatic heterocycles. The maximum atomic E-state index is 11.6. The van der Waals surface area contributed by atoms with Crippen LogP contribution in [0, 0.1) is 0 Å². The van der Waals surface area contributed by atoms with Crippen molar-refractivity contribution >= 4 is 34.4 Å². The van der Waals surface area contributed by atoms with E-state index in [4.69, 9.17) is 0 Å². The Morgan fingerprint density at radius 2 is 1.27 bits per heavy atom. The van der Waals surface area contributed by atoms with Gasteiger partial charge in [0.25, 0.3) is 0 Å². The van der Waals surface area contributed by atoms with Gasteiger partial charge in [-0.3, -0.25) is 0 Å². The molecule has 4 aromatic rings. The second-order valence-corrected chi connectivity index (χ2v) is 6.90. The Morgan fingerprint density at radius 1 is 0.600 bits per heavy atom. The summed E-state index contributed by atoms with van der Waals surface area (Å²) in [6, 6.07) is 28.4. The van der Waals surface area contributed by atoms with E-state index in [1.165, 1.54) is 12.1 Å². The molecule has 0 amide bonds. The summed E-state index contributed by atoms with van der Waals surface area (Å²) in [4.78, 5) is 22.9. The molecule has 0 saturated heterocycles. The Kier molecular flexibility index (Phi) is 5.14. The molecule has 0 saturated carbocycles. The molecule has 0 aromatic heterocycles. The first-order valence-corrected chi connectivity index (χ1v) is 9.40. The van der Waals surface area contributed by atoms with Crippen LogP contribution in [0.3, 0.4) is 0 Å². The van der Waals surface area contributed by atoms with Crippen LogP contribution in [0.1, 0.15) is 37.4 Å². The standard InChI is InChI=1S/C26H18O4/c27-25(28)22-13-10-17(15-24(22)26(29)30)14-23(19-7-2-1-3-8-19)21-12-11-18-6-4-5-9-20(18)16-21/h1-16H,(H,27,28)(H,29,30). The molecule has 0 spiro atoms. The van der Waals surface area contributed by atoms with Gasteiger partial charge in [0.05, 0.1) is 11.1 Å². The lowest BCUT2D eigenvalue weighted by Crippen LogP contribution is -2.08. The first-order chi connectivity index (χ1) is 14.5. The summed E-state index contributed by atoms with van der Waals surface area (Å²) in [6.07, 6.45) is 1.89. The van der Waals surface area contributed by atoms with Crippen molar-refractivity contribution in [2.45, 2.75) is 0 Å². The first-order valence-electron chi connectivity index (χ1n) is 9.40. The van der Waals surface area contributed by atoms with Crippen molar-refractivity contribution in [2.24, 2.45) is 0 Å². The molecule has 0 unspecified atom stereocenters. The van der Waals surface area contributed by atoms with Gasteiger partial charge in [-0.25, -0.2) is 9.59 Å². The zero-order chi connectivity index (χ0) is 21.1. The molecule has 2 N–H and O–H groups in total. The fourth-order valence-electron chi connectivity index (χ4n) is 3.49. The number of fused-ring (bicyclic) bond motifs is 1. The summed E-state index contributed by atoms with van der Waals surface area (Å²) in [5, 5.41) is 20.9. The van der Waals surface area contributed by atoms with Gasteiger partial charge >= 0.3 is 11.9 Å². The molecule has 0 aliphatic rings. The fourth-order valence-corrected chi connectivity index (χ4v) is 3.49. The number of benzene rings is 4. The molecule has 4 nitrogen and oxygen atoms in total. The Bertz CT molecular complexity index is 1290. The monoisotopic (exact) mass is 394 g/mol. The summed E-state index contributed by atoms with van der Waals surface area (Å²) in [7, 11) is 0. The minimum atomic E-state index is -1.27. The number of carboxylic acid groups (broad SMARTS) is 2. The van der Waals surface area contributed by atoms with Gasteiger partial charge in [-0.1, -0.05) is 72.8 Å². The lowest BCUT2D eigenvalue weighted by Gasteiger charge is -2.11. The van der Waals surface area contributed by atoms with Crippen LogP contribution in [0.2, 0.25) is 0 Å². The third-order valence-corrected chi connectivity index (χ3v) is 4.96. The molecular formula is C26H18O4.